The number of fused-ring (bicyclic) bond motifs is 2. The zero-order valence-electron chi connectivity index (χ0n) is 16.9. The fourth-order valence-corrected chi connectivity index (χ4v) is 3.56. The summed E-state index contributed by atoms with van der Waals surface area (Å²) in [5, 5.41) is 12.7. The van der Waals surface area contributed by atoms with Gasteiger partial charge < -0.3 is 4.74 Å². The Hall–Kier alpha value is -3.95. The summed E-state index contributed by atoms with van der Waals surface area (Å²) in [4.78, 5) is 9.24. The van der Waals surface area contributed by atoms with Crippen LogP contribution < -0.4 is 4.74 Å². The van der Waals surface area contributed by atoms with Crippen molar-refractivity contribution < 1.29 is 17.9 Å². The summed E-state index contributed by atoms with van der Waals surface area (Å²) in [6.45, 7) is 0.150. The summed E-state index contributed by atoms with van der Waals surface area (Å²) >= 11 is 0. The molecule has 0 amide bonds. The van der Waals surface area contributed by atoms with Crippen LogP contribution in [0.15, 0.2) is 54.9 Å². The molecule has 0 aliphatic rings. The minimum atomic E-state index is -4.38. The van der Waals surface area contributed by atoms with Gasteiger partial charge in [-0.2, -0.15) is 28.4 Å². The number of H-pyrrole nitrogens is 1. The van der Waals surface area contributed by atoms with Gasteiger partial charge in [0.15, 0.2) is 11.5 Å². The molecule has 5 aromatic rings. The maximum absolute atomic E-state index is 13.0. The molecule has 0 aliphatic carbocycles. The summed E-state index contributed by atoms with van der Waals surface area (Å²) in [5.41, 5.74) is 2.07. The minimum Gasteiger partial charge on any atom is -0.477 e. The molecule has 32 heavy (non-hydrogen) atoms. The van der Waals surface area contributed by atoms with Crippen LogP contribution in [0, 0.1) is 0 Å². The van der Waals surface area contributed by atoms with Crippen LogP contribution in [0.5, 0.6) is 5.88 Å². The van der Waals surface area contributed by atoms with Gasteiger partial charge in [-0.05, 0) is 17.7 Å². The van der Waals surface area contributed by atoms with Crippen molar-refractivity contribution in [1.82, 2.24) is 29.9 Å². The Morgan fingerprint density at radius 3 is 2.72 bits per heavy atom. The summed E-state index contributed by atoms with van der Waals surface area (Å²) in [5.74, 6) is 0.771. The Bertz CT molecular complexity index is 1420. The molecule has 10 heteroatoms. The first kappa shape index (κ1) is 20.0. The molecule has 0 radical (unpaired) electrons. The van der Waals surface area contributed by atoms with Crippen LogP contribution in [0.25, 0.3) is 33.3 Å². The highest BCUT2D eigenvalue weighted by atomic mass is 19.4. The molecule has 0 unspecified atom stereocenters. The third kappa shape index (κ3) is 3.64. The van der Waals surface area contributed by atoms with Crippen LogP contribution in [0.1, 0.15) is 11.1 Å². The lowest BCUT2D eigenvalue weighted by Crippen LogP contribution is -2.08. The number of hydrogen-bond donors (Lipinski definition) is 1. The maximum Gasteiger partial charge on any atom is 0.416 e. The van der Waals surface area contributed by atoms with Crippen molar-refractivity contribution in [2.75, 3.05) is 6.61 Å². The highest BCUT2D eigenvalue weighted by Gasteiger charge is 2.30. The second-order valence-electron chi connectivity index (χ2n) is 7.29. The first-order valence-electron chi connectivity index (χ1n) is 9.81. The average Bonchev–Trinajstić information content (AvgIpc) is 3.40. The van der Waals surface area contributed by atoms with Crippen LogP contribution in [0.2, 0.25) is 0 Å². The number of aromatic nitrogens is 6. The van der Waals surface area contributed by atoms with Gasteiger partial charge in [0.25, 0.3) is 0 Å². The van der Waals surface area contributed by atoms with Gasteiger partial charge in [-0.15, -0.1) is 0 Å². The van der Waals surface area contributed by atoms with Crippen LogP contribution in [0.4, 0.5) is 13.2 Å². The standard InChI is InChI=1S/C22H17F3N6O/c1-31-20-17(12-27-31)21(32-9-8-13-4-2-5-14(10-13)22(23,24)25)29-19(28-20)15-6-3-7-18-16(15)11-26-30-18/h2-7,10-12H,8-9H2,1H3,(H,26,30). The van der Waals surface area contributed by atoms with E-state index in [1.165, 1.54) is 6.07 Å². The Balaban J connectivity index is 1.46. The third-order valence-electron chi connectivity index (χ3n) is 5.17. The highest BCUT2D eigenvalue weighted by Crippen LogP contribution is 2.31. The molecule has 3 aromatic heterocycles. The predicted molar refractivity (Wildman–Crippen MR) is 112 cm³/mol. The fraction of sp³-hybridized carbons (Fsp3) is 0.182. The van der Waals surface area contributed by atoms with Gasteiger partial charge in [0.2, 0.25) is 5.88 Å². The van der Waals surface area contributed by atoms with Crippen molar-refractivity contribution in [1.29, 1.82) is 0 Å². The molecule has 5 rings (SSSR count). The Morgan fingerprint density at radius 1 is 1.03 bits per heavy atom. The second kappa shape index (κ2) is 7.63. The molecule has 0 saturated heterocycles. The molecule has 0 fully saturated rings. The van der Waals surface area contributed by atoms with E-state index in [0.29, 0.717) is 34.7 Å². The highest BCUT2D eigenvalue weighted by molar-refractivity contribution is 5.93. The average molecular weight is 438 g/mol. The lowest BCUT2D eigenvalue weighted by molar-refractivity contribution is -0.137. The molecule has 7 nitrogen and oxygen atoms in total. The van der Waals surface area contributed by atoms with Gasteiger partial charge in [0.05, 0.1) is 30.1 Å². The fourth-order valence-electron chi connectivity index (χ4n) is 3.56. The van der Waals surface area contributed by atoms with Gasteiger partial charge in [0.1, 0.15) is 5.39 Å². The van der Waals surface area contributed by atoms with E-state index >= 15 is 0 Å². The lowest BCUT2D eigenvalue weighted by atomic mass is 10.1. The first-order valence-corrected chi connectivity index (χ1v) is 9.81. The van der Waals surface area contributed by atoms with Crippen molar-refractivity contribution in [2.45, 2.75) is 12.6 Å². The smallest absolute Gasteiger partial charge is 0.416 e. The van der Waals surface area contributed by atoms with Gasteiger partial charge >= 0.3 is 6.18 Å². The zero-order chi connectivity index (χ0) is 22.3. The molecule has 162 valence electrons. The Morgan fingerprint density at radius 2 is 1.88 bits per heavy atom. The van der Waals surface area contributed by atoms with Crippen molar-refractivity contribution in [2.24, 2.45) is 7.05 Å². The van der Waals surface area contributed by atoms with Gasteiger partial charge in [-0.25, -0.2) is 4.98 Å². The topological polar surface area (TPSA) is 81.5 Å². The Labute approximate surface area is 179 Å². The number of hydrogen-bond acceptors (Lipinski definition) is 5. The second-order valence-corrected chi connectivity index (χ2v) is 7.29. The molecule has 0 aliphatic heterocycles. The number of rotatable bonds is 5. The van der Waals surface area contributed by atoms with Crippen LogP contribution >= 0.6 is 0 Å². The first-order chi connectivity index (χ1) is 15.4. The molecule has 0 saturated carbocycles. The lowest BCUT2D eigenvalue weighted by Gasteiger charge is -2.11. The Kier molecular flexibility index (Phi) is 4.76. The van der Waals surface area contributed by atoms with E-state index < -0.39 is 11.7 Å². The summed E-state index contributed by atoms with van der Waals surface area (Å²) in [6.07, 6.45) is -0.774. The number of nitrogens with one attached hydrogen (secondary N) is 1. The van der Waals surface area contributed by atoms with Crippen LogP contribution in [-0.2, 0) is 19.6 Å². The van der Waals surface area contributed by atoms with Gasteiger partial charge in [-0.1, -0.05) is 30.3 Å². The van der Waals surface area contributed by atoms with Crippen molar-refractivity contribution in [3.8, 4) is 17.3 Å². The zero-order valence-corrected chi connectivity index (χ0v) is 16.9. The number of aromatic amines is 1. The largest absolute Gasteiger partial charge is 0.477 e. The number of halogens is 3. The summed E-state index contributed by atoms with van der Waals surface area (Å²) in [7, 11) is 1.77. The van der Waals surface area contributed by atoms with E-state index in [1.807, 2.05) is 18.2 Å². The summed E-state index contributed by atoms with van der Waals surface area (Å²) < 4.78 is 46.4. The van der Waals surface area contributed by atoms with Crippen molar-refractivity contribution >= 4 is 21.9 Å². The number of ether oxygens (including phenoxy) is 1. The van der Waals surface area contributed by atoms with E-state index in [2.05, 4.69) is 25.3 Å². The van der Waals surface area contributed by atoms with E-state index in [9.17, 15) is 13.2 Å². The van der Waals surface area contributed by atoms with Crippen molar-refractivity contribution in [3.63, 3.8) is 0 Å². The van der Waals surface area contributed by atoms with Crippen LogP contribution in [-0.4, -0.2) is 36.6 Å². The van der Waals surface area contributed by atoms with E-state index in [4.69, 9.17) is 4.74 Å². The molecular formula is C22H17F3N6O. The quantitative estimate of drug-likeness (QED) is 0.436. The number of benzene rings is 2. The van der Waals surface area contributed by atoms with Gasteiger partial charge in [-0.3, -0.25) is 9.78 Å². The normalized spacial score (nSPS) is 12.0. The maximum atomic E-state index is 13.0. The number of nitrogens with zero attached hydrogens (tertiary/aromatic N) is 5. The molecule has 0 bridgehead atoms. The minimum absolute atomic E-state index is 0.150. The number of alkyl halides is 3. The molecule has 0 atom stereocenters. The molecule has 2 aromatic carbocycles. The number of aryl methyl sites for hydroxylation is 1. The van der Waals surface area contributed by atoms with Crippen LogP contribution in [0.3, 0.4) is 0 Å². The molecule has 3 heterocycles. The molecule has 0 spiro atoms. The predicted octanol–water partition coefficient (Wildman–Crippen LogP) is 4.55. The third-order valence-corrected chi connectivity index (χ3v) is 5.17. The molecular weight excluding hydrogens is 421 g/mol. The monoisotopic (exact) mass is 438 g/mol. The van der Waals surface area contributed by atoms with E-state index in [-0.39, 0.29) is 6.61 Å². The molecule has 1 N–H and O–H groups in total. The SMILES string of the molecule is Cn1ncc2c(OCCc3cccc(C(F)(F)F)c3)nc(-c3cccc4[nH]ncc34)nc21. The van der Waals surface area contributed by atoms with E-state index in [1.54, 1.807) is 30.2 Å². The summed E-state index contributed by atoms with van der Waals surface area (Å²) in [6, 6.07) is 10.9. The van der Waals surface area contributed by atoms with Crippen molar-refractivity contribution in [3.05, 3.63) is 66.0 Å². The van der Waals surface area contributed by atoms with Gasteiger partial charge in [0, 0.05) is 24.4 Å². The van der Waals surface area contributed by atoms with E-state index in [0.717, 1.165) is 28.6 Å².